The zero-order chi connectivity index (χ0) is 38.0. The highest BCUT2D eigenvalue weighted by molar-refractivity contribution is 5.75. The molecule has 4 aromatic heterocycles. The minimum absolute atomic E-state index is 0.0348. The molecule has 4 N–H and O–H groups in total. The Morgan fingerprint density at radius 2 is 1.17 bits per heavy atom. The fraction of sp³-hybridized carbons (Fsp3) is 0.333. The minimum atomic E-state index is -0.796. The smallest absolute Gasteiger partial charge is 0.303 e. The van der Waals surface area contributed by atoms with Gasteiger partial charge in [0.1, 0.15) is 24.2 Å². The highest BCUT2D eigenvalue weighted by atomic mass is 19.1. The van der Waals surface area contributed by atoms with Crippen LogP contribution >= 0.6 is 0 Å². The SMILES string of the molecule is Cc1nc(CCCC(=O)NCCc2coc(-c3ccc(F)cc3)n2)no1.Cc1nc(CCCC(=O)O)no1.NCCc1coc(-c2ccc(F)cc2)n1. The van der Waals surface area contributed by atoms with Crippen LogP contribution in [-0.2, 0) is 35.3 Å². The molecule has 0 spiro atoms. The molecule has 0 aliphatic carbocycles. The van der Waals surface area contributed by atoms with Crippen LogP contribution in [0.1, 0.15) is 60.5 Å². The zero-order valence-electron chi connectivity index (χ0n) is 29.3. The second-order valence-corrected chi connectivity index (χ2v) is 11.5. The first-order valence-electron chi connectivity index (χ1n) is 16.8. The second kappa shape index (κ2) is 20.7. The van der Waals surface area contributed by atoms with Crippen molar-refractivity contribution in [1.29, 1.82) is 0 Å². The lowest BCUT2D eigenvalue weighted by Gasteiger charge is -2.02. The predicted molar refractivity (Wildman–Crippen MR) is 185 cm³/mol. The Bertz CT molecular complexity index is 1990. The van der Waals surface area contributed by atoms with Gasteiger partial charge in [0, 0.05) is 70.0 Å². The van der Waals surface area contributed by atoms with Gasteiger partial charge in [-0.25, -0.2) is 18.7 Å². The van der Waals surface area contributed by atoms with Crippen molar-refractivity contribution in [3.8, 4) is 22.9 Å². The number of hydrogen-bond donors (Lipinski definition) is 3. The molecule has 15 nitrogen and oxygen atoms in total. The van der Waals surface area contributed by atoms with Crippen molar-refractivity contribution in [1.82, 2.24) is 35.6 Å². The van der Waals surface area contributed by atoms with Crippen LogP contribution in [0.2, 0.25) is 0 Å². The van der Waals surface area contributed by atoms with E-state index in [9.17, 15) is 18.4 Å². The monoisotopic (exact) mass is 734 g/mol. The molecule has 0 unspecified atom stereocenters. The van der Waals surface area contributed by atoms with E-state index >= 15 is 0 Å². The van der Waals surface area contributed by atoms with Crippen LogP contribution in [0.4, 0.5) is 8.78 Å². The molecule has 0 bridgehead atoms. The Hall–Kier alpha value is -6.10. The number of nitrogens with one attached hydrogen (secondary N) is 1. The number of nitrogens with zero attached hydrogens (tertiary/aromatic N) is 6. The van der Waals surface area contributed by atoms with Gasteiger partial charge < -0.3 is 34.0 Å². The van der Waals surface area contributed by atoms with Crippen molar-refractivity contribution < 1.29 is 41.4 Å². The maximum absolute atomic E-state index is 12.9. The Morgan fingerprint density at radius 3 is 1.60 bits per heavy atom. The second-order valence-electron chi connectivity index (χ2n) is 11.5. The van der Waals surface area contributed by atoms with Gasteiger partial charge in [-0.2, -0.15) is 9.97 Å². The number of aliphatic carboxylic acids is 1. The zero-order valence-corrected chi connectivity index (χ0v) is 29.3. The summed E-state index contributed by atoms with van der Waals surface area (Å²) >= 11 is 0. The van der Waals surface area contributed by atoms with Crippen molar-refractivity contribution in [2.24, 2.45) is 5.73 Å². The topological polar surface area (TPSA) is 222 Å². The van der Waals surface area contributed by atoms with Crippen LogP contribution < -0.4 is 11.1 Å². The Morgan fingerprint density at radius 1 is 0.698 bits per heavy atom. The lowest BCUT2D eigenvalue weighted by atomic mass is 10.2. The van der Waals surface area contributed by atoms with E-state index in [4.69, 9.17) is 28.7 Å². The van der Waals surface area contributed by atoms with Crippen LogP contribution in [0.5, 0.6) is 0 Å². The number of oxazole rings is 2. The van der Waals surface area contributed by atoms with Crippen molar-refractivity contribution in [2.45, 2.75) is 65.2 Å². The van der Waals surface area contributed by atoms with Gasteiger partial charge in [-0.3, -0.25) is 9.59 Å². The largest absolute Gasteiger partial charge is 0.481 e. The van der Waals surface area contributed by atoms with Gasteiger partial charge in [0.25, 0.3) is 0 Å². The number of aromatic nitrogens is 6. The third kappa shape index (κ3) is 14.2. The molecule has 0 saturated carbocycles. The van der Waals surface area contributed by atoms with E-state index < -0.39 is 5.97 Å². The van der Waals surface area contributed by atoms with E-state index in [1.807, 2.05) is 0 Å². The van der Waals surface area contributed by atoms with Crippen LogP contribution in [0.3, 0.4) is 0 Å². The van der Waals surface area contributed by atoms with Gasteiger partial charge in [0.2, 0.25) is 29.5 Å². The normalized spacial score (nSPS) is 10.6. The number of aryl methyl sites for hydroxylation is 4. The fourth-order valence-corrected chi connectivity index (χ4v) is 4.55. The molecule has 0 fully saturated rings. The number of halogens is 2. The maximum atomic E-state index is 12.9. The fourth-order valence-electron chi connectivity index (χ4n) is 4.55. The summed E-state index contributed by atoms with van der Waals surface area (Å²) in [5.41, 5.74) is 8.41. The first-order chi connectivity index (χ1) is 25.6. The van der Waals surface area contributed by atoms with E-state index in [0.29, 0.717) is 98.8 Å². The summed E-state index contributed by atoms with van der Waals surface area (Å²) in [7, 11) is 0. The molecule has 0 aliphatic rings. The van der Waals surface area contributed by atoms with Crippen molar-refractivity contribution in [3.63, 3.8) is 0 Å². The van der Waals surface area contributed by atoms with Crippen LogP contribution in [0.25, 0.3) is 22.9 Å². The average Bonchev–Trinajstić information content (AvgIpc) is 3.96. The summed E-state index contributed by atoms with van der Waals surface area (Å²) in [6.45, 7) is 4.44. The van der Waals surface area contributed by atoms with Gasteiger partial charge >= 0.3 is 5.97 Å². The van der Waals surface area contributed by atoms with E-state index in [1.165, 1.54) is 24.3 Å². The summed E-state index contributed by atoms with van der Waals surface area (Å²) in [4.78, 5) is 38.6. The summed E-state index contributed by atoms with van der Waals surface area (Å²) in [5, 5.41) is 18.6. The van der Waals surface area contributed by atoms with Gasteiger partial charge in [-0.15, -0.1) is 0 Å². The van der Waals surface area contributed by atoms with Crippen LogP contribution in [0.15, 0.2) is 78.9 Å². The number of nitrogens with two attached hydrogens (primary N) is 1. The molecule has 0 radical (unpaired) electrons. The van der Waals surface area contributed by atoms with E-state index in [0.717, 1.165) is 17.0 Å². The summed E-state index contributed by atoms with van der Waals surface area (Å²) < 4.78 is 45.8. The number of hydrogen-bond acceptors (Lipinski definition) is 13. The molecular weight excluding hydrogens is 694 g/mol. The Kier molecular flexibility index (Phi) is 15.5. The van der Waals surface area contributed by atoms with Crippen molar-refractivity contribution in [2.75, 3.05) is 13.1 Å². The number of carbonyl (C=O) groups excluding carboxylic acids is 1. The maximum Gasteiger partial charge on any atom is 0.303 e. The molecule has 6 aromatic rings. The van der Waals surface area contributed by atoms with Crippen LogP contribution in [0, 0.1) is 25.5 Å². The van der Waals surface area contributed by atoms with Gasteiger partial charge in [0.05, 0.1) is 11.4 Å². The highest BCUT2D eigenvalue weighted by Gasteiger charge is 2.10. The number of rotatable bonds is 15. The minimum Gasteiger partial charge on any atom is -0.481 e. The van der Waals surface area contributed by atoms with E-state index in [-0.39, 0.29) is 24.0 Å². The molecule has 6 rings (SSSR count). The lowest BCUT2D eigenvalue weighted by molar-refractivity contribution is -0.137. The molecule has 0 aliphatic heterocycles. The van der Waals surface area contributed by atoms with Crippen molar-refractivity contribution >= 4 is 11.9 Å². The molecule has 53 heavy (non-hydrogen) atoms. The number of benzene rings is 2. The molecule has 17 heteroatoms. The summed E-state index contributed by atoms with van der Waals surface area (Å²) in [6, 6.07) is 11.9. The number of carboxylic acids is 1. The molecule has 1 amide bonds. The Balaban J connectivity index is 0.000000196. The summed E-state index contributed by atoms with van der Waals surface area (Å²) in [5.74, 6) is 1.76. The first kappa shape index (κ1) is 39.7. The molecule has 0 saturated heterocycles. The average molecular weight is 735 g/mol. The lowest BCUT2D eigenvalue weighted by Crippen LogP contribution is -2.25. The van der Waals surface area contributed by atoms with Crippen molar-refractivity contribution in [3.05, 3.63) is 108 Å². The molecule has 4 heterocycles. The van der Waals surface area contributed by atoms with Gasteiger partial charge in [0.15, 0.2) is 11.6 Å². The highest BCUT2D eigenvalue weighted by Crippen LogP contribution is 2.20. The van der Waals surface area contributed by atoms with E-state index in [2.05, 4.69) is 35.6 Å². The number of carboxylic acid groups (broad SMARTS) is 1. The Labute approximate surface area is 303 Å². The van der Waals surface area contributed by atoms with Gasteiger partial charge in [-0.05, 0) is 67.9 Å². The van der Waals surface area contributed by atoms with E-state index in [1.54, 1.807) is 50.6 Å². The molecule has 280 valence electrons. The number of amides is 1. The standard InChI is InChI=1S/C18H19FN4O3.C11H11FN2O.C7H10N2O3/c1-12-21-16(23-26-12)3-2-4-17(24)20-10-9-15-11-25-18(22-15)13-5-7-14(19)8-6-13;12-9-3-1-8(2-4-9)11-14-10(5-6-13)7-15-11;1-5-8-6(9-12-5)3-2-4-7(10)11/h5-8,11H,2-4,9-10H2,1H3,(H,20,24);1-4,7H,5-6,13H2;2-4H2,1H3,(H,10,11). The number of carbonyl (C=O) groups is 2. The molecule has 2 aromatic carbocycles. The third-order valence-electron chi connectivity index (χ3n) is 7.12. The quantitative estimate of drug-likeness (QED) is 0.117. The first-order valence-corrected chi connectivity index (χ1v) is 16.8. The predicted octanol–water partition coefficient (Wildman–Crippen LogP) is 5.62. The third-order valence-corrected chi connectivity index (χ3v) is 7.12. The van der Waals surface area contributed by atoms with Crippen LogP contribution in [-0.4, -0.2) is 60.3 Å². The summed E-state index contributed by atoms with van der Waals surface area (Å²) in [6.07, 6.45) is 7.28. The molecular formula is C36H40F2N8O7. The molecule has 0 atom stereocenters. The van der Waals surface area contributed by atoms with Gasteiger partial charge in [-0.1, -0.05) is 10.3 Å².